The van der Waals surface area contributed by atoms with Crippen LogP contribution in [0.1, 0.15) is 49.8 Å². The lowest BCUT2D eigenvalue weighted by Crippen LogP contribution is -2.45. The largest absolute Gasteiger partial charge is 0.458 e. The molecule has 0 bridgehead atoms. The van der Waals surface area contributed by atoms with Gasteiger partial charge in [-0.15, -0.1) is 0 Å². The third kappa shape index (κ3) is 6.07. The van der Waals surface area contributed by atoms with Gasteiger partial charge in [0.05, 0.1) is 0 Å². The fourth-order valence-electron chi connectivity index (χ4n) is 4.37. The molecule has 1 aliphatic rings. The van der Waals surface area contributed by atoms with Crippen molar-refractivity contribution in [3.8, 4) is 11.1 Å². The monoisotopic (exact) mass is 475 g/mol. The van der Waals surface area contributed by atoms with Crippen molar-refractivity contribution >= 4 is 12.1 Å². The number of aryl methyl sites for hydroxylation is 1. The normalized spacial score (nSPS) is 13.5. The zero-order valence-corrected chi connectivity index (χ0v) is 20.2. The van der Waals surface area contributed by atoms with Crippen molar-refractivity contribution in [2.24, 2.45) is 0 Å². The average molecular weight is 476 g/mol. The molecular formula is C29H30FNO4. The Morgan fingerprint density at radius 1 is 0.914 bits per heavy atom. The lowest BCUT2D eigenvalue weighted by atomic mass is 9.98. The van der Waals surface area contributed by atoms with Crippen LogP contribution in [0.3, 0.4) is 0 Å². The Labute approximate surface area is 205 Å². The first-order valence-electron chi connectivity index (χ1n) is 11.8. The van der Waals surface area contributed by atoms with E-state index >= 15 is 0 Å². The van der Waals surface area contributed by atoms with Crippen molar-refractivity contribution in [3.05, 3.63) is 95.3 Å². The van der Waals surface area contributed by atoms with Gasteiger partial charge < -0.3 is 14.8 Å². The van der Waals surface area contributed by atoms with E-state index in [0.717, 1.165) is 27.8 Å². The van der Waals surface area contributed by atoms with E-state index in [1.807, 2.05) is 36.4 Å². The SMILES string of the molecule is CC(C)(C)OC(=O)[C@H](CCc1ccc(F)cc1)NC(=O)OCC1c2ccccc2-c2ccccc21. The van der Waals surface area contributed by atoms with E-state index in [4.69, 9.17) is 9.47 Å². The summed E-state index contributed by atoms with van der Waals surface area (Å²) in [5, 5.41) is 2.68. The van der Waals surface area contributed by atoms with Gasteiger partial charge in [0.1, 0.15) is 24.1 Å². The van der Waals surface area contributed by atoms with Crippen molar-refractivity contribution in [1.29, 1.82) is 0 Å². The van der Waals surface area contributed by atoms with Gasteiger partial charge in [0.15, 0.2) is 0 Å². The summed E-state index contributed by atoms with van der Waals surface area (Å²) >= 11 is 0. The molecule has 5 nitrogen and oxygen atoms in total. The lowest BCUT2D eigenvalue weighted by molar-refractivity contribution is -0.157. The lowest BCUT2D eigenvalue weighted by Gasteiger charge is -2.24. The third-order valence-electron chi connectivity index (χ3n) is 5.96. The van der Waals surface area contributed by atoms with Crippen molar-refractivity contribution in [1.82, 2.24) is 5.32 Å². The Hall–Kier alpha value is -3.67. The zero-order valence-electron chi connectivity index (χ0n) is 20.2. The van der Waals surface area contributed by atoms with E-state index in [-0.39, 0.29) is 18.3 Å². The molecule has 3 aromatic rings. The molecule has 0 aliphatic heterocycles. The van der Waals surface area contributed by atoms with Crippen LogP contribution in [0.25, 0.3) is 11.1 Å². The number of esters is 1. The van der Waals surface area contributed by atoms with Gasteiger partial charge in [-0.3, -0.25) is 0 Å². The highest BCUT2D eigenvalue weighted by Gasteiger charge is 2.31. The summed E-state index contributed by atoms with van der Waals surface area (Å²) in [6.07, 6.45) is 0.0836. The van der Waals surface area contributed by atoms with E-state index < -0.39 is 23.7 Å². The van der Waals surface area contributed by atoms with Crippen LogP contribution in [0, 0.1) is 5.82 Å². The third-order valence-corrected chi connectivity index (χ3v) is 5.96. The molecule has 3 aromatic carbocycles. The highest BCUT2D eigenvalue weighted by atomic mass is 19.1. The highest BCUT2D eigenvalue weighted by molar-refractivity contribution is 5.82. The molecule has 1 aliphatic carbocycles. The van der Waals surface area contributed by atoms with Crippen molar-refractivity contribution in [3.63, 3.8) is 0 Å². The van der Waals surface area contributed by atoms with E-state index in [9.17, 15) is 14.0 Å². The minimum absolute atomic E-state index is 0.0765. The smallest absolute Gasteiger partial charge is 0.407 e. The van der Waals surface area contributed by atoms with E-state index in [0.29, 0.717) is 12.8 Å². The van der Waals surface area contributed by atoms with Crippen LogP contribution in [-0.4, -0.2) is 30.3 Å². The van der Waals surface area contributed by atoms with E-state index in [1.165, 1.54) is 12.1 Å². The number of halogens is 1. The van der Waals surface area contributed by atoms with E-state index in [1.54, 1.807) is 32.9 Å². The molecule has 0 unspecified atom stereocenters. The molecule has 4 rings (SSSR count). The van der Waals surface area contributed by atoms with Crippen molar-refractivity contribution in [2.45, 2.75) is 51.2 Å². The van der Waals surface area contributed by atoms with Crippen LogP contribution < -0.4 is 5.32 Å². The molecule has 6 heteroatoms. The maximum atomic E-state index is 13.2. The second kappa shape index (κ2) is 10.3. The van der Waals surface area contributed by atoms with Crippen molar-refractivity contribution < 1.29 is 23.5 Å². The van der Waals surface area contributed by atoms with Gasteiger partial charge >= 0.3 is 12.1 Å². The minimum Gasteiger partial charge on any atom is -0.458 e. The second-order valence-electron chi connectivity index (χ2n) is 9.72. The molecular weight excluding hydrogens is 445 g/mol. The van der Waals surface area contributed by atoms with Gasteiger partial charge in [0.2, 0.25) is 0 Å². The molecule has 1 atom stereocenters. The van der Waals surface area contributed by atoms with Gasteiger partial charge in [-0.05, 0) is 73.6 Å². The first-order valence-corrected chi connectivity index (χ1v) is 11.8. The number of carbonyl (C=O) groups is 2. The minimum atomic E-state index is -0.894. The van der Waals surface area contributed by atoms with Gasteiger partial charge in [0.25, 0.3) is 0 Å². The Bertz CT molecular complexity index is 1150. The topological polar surface area (TPSA) is 64.6 Å². The second-order valence-corrected chi connectivity index (χ2v) is 9.72. The number of hydrogen-bond acceptors (Lipinski definition) is 4. The standard InChI is InChI=1S/C29H30FNO4/c1-29(2,3)35-27(32)26(17-14-19-12-15-20(30)16-13-19)31-28(33)34-18-25-23-10-6-4-8-21(23)22-9-5-7-11-24(22)25/h4-13,15-16,25-26H,14,17-18H2,1-3H3,(H,31,33)/t26-/m0/s1. The molecule has 1 amide bonds. The summed E-state index contributed by atoms with van der Waals surface area (Å²) in [7, 11) is 0. The molecule has 0 radical (unpaired) electrons. The predicted molar refractivity (Wildman–Crippen MR) is 133 cm³/mol. The maximum Gasteiger partial charge on any atom is 0.407 e. The number of carbonyl (C=O) groups excluding carboxylic acids is 2. The Morgan fingerprint density at radius 2 is 1.49 bits per heavy atom. The molecule has 0 heterocycles. The molecule has 0 saturated heterocycles. The van der Waals surface area contributed by atoms with Crippen LogP contribution >= 0.6 is 0 Å². The predicted octanol–water partition coefficient (Wildman–Crippen LogP) is 6.01. The van der Waals surface area contributed by atoms with Crippen molar-refractivity contribution in [2.75, 3.05) is 6.61 Å². The number of benzene rings is 3. The zero-order chi connectivity index (χ0) is 25.0. The van der Waals surface area contributed by atoms with Crippen LogP contribution in [0.2, 0.25) is 0 Å². The first kappa shape index (κ1) is 24.5. The quantitative estimate of drug-likeness (QED) is 0.425. The number of nitrogens with one attached hydrogen (secondary N) is 1. The molecule has 0 aromatic heterocycles. The molecule has 182 valence electrons. The number of ether oxygens (including phenoxy) is 2. The van der Waals surface area contributed by atoms with Gasteiger partial charge in [-0.1, -0.05) is 60.7 Å². The number of amides is 1. The molecule has 0 spiro atoms. The molecule has 1 N–H and O–H groups in total. The summed E-state index contributed by atoms with van der Waals surface area (Å²) in [5.74, 6) is -0.935. The highest BCUT2D eigenvalue weighted by Crippen LogP contribution is 2.44. The Kier molecular flexibility index (Phi) is 7.20. The van der Waals surface area contributed by atoms with E-state index in [2.05, 4.69) is 17.4 Å². The van der Waals surface area contributed by atoms with Crippen LogP contribution in [0.15, 0.2) is 72.8 Å². The maximum absolute atomic E-state index is 13.2. The fourth-order valence-corrected chi connectivity index (χ4v) is 4.37. The summed E-state index contributed by atoms with van der Waals surface area (Å²) in [4.78, 5) is 25.6. The number of rotatable bonds is 7. The van der Waals surface area contributed by atoms with Crippen LogP contribution in [0.5, 0.6) is 0 Å². The molecule has 0 fully saturated rings. The summed E-state index contributed by atoms with van der Waals surface area (Å²) in [6, 6.07) is 21.4. The van der Waals surface area contributed by atoms with Gasteiger partial charge in [-0.25, -0.2) is 14.0 Å². The average Bonchev–Trinajstić information content (AvgIpc) is 3.14. The number of alkyl carbamates (subject to hydrolysis) is 1. The van der Waals surface area contributed by atoms with Crippen LogP contribution in [0.4, 0.5) is 9.18 Å². The fraction of sp³-hybridized carbons (Fsp3) is 0.310. The molecule has 0 saturated carbocycles. The molecule has 35 heavy (non-hydrogen) atoms. The summed E-state index contributed by atoms with van der Waals surface area (Å²) in [6.45, 7) is 5.47. The van der Waals surface area contributed by atoms with Crippen LogP contribution in [-0.2, 0) is 20.7 Å². The number of hydrogen-bond donors (Lipinski definition) is 1. The Morgan fingerprint density at radius 3 is 2.06 bits per heavy atom. The number of fused-ring (bicyclic) bond motifs is 3. The first-order chi connectivity index (χ1) is 16.7. The van der Waals surface area contributed by atoms with Gasteiger partial charge in [0, 0.05) is 5.92 Å². The van der Waals surface area contributed by atoms with Gasteiger partial charge in [-0.2, -0.15) is 0 Å². The summed E-state index contributed by atoms with van der Waals surface area (Å²) < 4.78 is 24.3. The summed E-state index contributed by atoms with van der Waals surface area (Å²) in [5.41, 5.74) is 4.66. The Balaban J connectivity index is 1.42.